The number of benzene rings is 1. The maximum Gasteiger partial charge on any atom is 0.416 e. The zero-order valence-electron chi connectivity index (χ0n) is 17.2. The van der Waals surface area contributed by atoms with Gasteiger partial charge in [-0.3, -0.25) is 9.78 Å². The molecule has 9 nitrogen and oxygen atoms in total. The molecule has 0 fully saturated rings. The van der Waals surface area contributed by atoms with Gasteiger partial charge in [-0.15, -0.1) is 10.2 Å². The van der Waals surface area contributed by atoms with Gasteiger partial charge in [0.25, 0.3) is 0 Å². The van der Waals surface area contributed by atoms with Gasteiger partial charge in [0, 0.05) is 25.9 Å². The van der Waals surface area contributed by atoms with E-state index in [1.807, 2.05) is 0 Å². The number of ketones is 1. The number of rotatable bonds is 8. The first-order valence-electron chi connectivity index (χ1n) is 9.57. The first-order valence-corrected chi connectivity index (χ1v) is 10.6. The highest BCUT2D eigenvalue weighted by atomic mass is 32.2. The predicted octanol–water partition coefficient (Wildman–Crippen LogP) is 3.17. The highest BCUT2D eigenvalue weighted by molar-refractivity contribution is 7.99. The number of halogens is 3. The molecule has 0 aliphatic rings. The Labute approximate surface area is 189 Å². The Kier molecular flexibility index (Phi) is 6.49. The summed E-state index contributed by atoms with van der Waals surface area (Å²) in [4.78, 5) is 24.6. The minimum atomic E-state index is -4.45. The van der Waals surface area contributed by atoms with E-state index < -0.39 is 11.7 Å². The summed E-state index contributed by atoms with van der Waals surface area (Å²) in [5.41, 5.74) is 0.00673. The third kappa shape index (κ3) is 5.61. The Morgan fingerprint density at radius 2 is 2.06 bits per heavy atom. The summed E-state index contributed by atoms with van der Waals surface area (Å²) in [5.74, 6) is 0.963. The van der Waals surface area contributed by atoms with Crippen molar-refractivity contribution in [1.82, 2.24) is 34.9 Å². The van der Waals surface area contributed by atoms with E-state index in [1.54, 1.807) is 11.6 Å². The molecule has 0 N–H and O–H groups in total. The summed E-state index contributed by atoms with van der Waals surface area (Å²) in [6.07, 6.45) is 0.238. The molecular weight excluding hydrogens is 459 g/mol. The lowest BCUT2D eigenvalue weighted by molar-refractivity contribution is -0.137. The smallest absolute Gasteiger partial charge is 0.338 e. The van der Waals surface area contributed by atoms with Crippen LogP contribution < -0.4 is 0 Å². The number of thioether (sulfide) groups is 1. The van der Waals surface area contributed by atoms with Crippen molar-refractivity contribution in [1.29, 1.82) is 0 Å². The maximum absolute atomic E-state index is 12.8. The van der Waals surface area contributed by atoms with Gasteiger partial charge in [0.2, 0.25) is 11.7 Å². The SMILES string of the molecule is Cn1c(Cc2nc(-c3cnccn3)no2)nnc1SCC(=O)Cc1cccc(C(F)(F)F)c1. The van der Waals surface area contributed by atoms with Gasteiger partial charge in [0.1, 0.15) is 17.3 Å². The van der Waals surface area contributed by atoms with E-state index in [2.05, 4.69) is 30.3 Å². The summed E-state index contributed by atoms with van der Waals surface area (Å²) in [6.45, 7) is 0. The fraction of sp³-hybridized carbons (Fsp3) is 0.250. The highest BCUT2D eigenvalue weighted by Gasteiger charge is 2.30. The van der Waals surface area contributed by atoms with Crippen LogP contribution in [0.4, 0.5) is 13.2 Å². The van der Waals surface area contributed by atoms with Crippen LogP contribution in [-0.4, -0.2) is 46.4 Å². The monoisotopic (exact) mass is 475 g/mol. The van der Waals surface area contributed by atoms with Crippen LogP contribution in [-0.2, 0) is 30.9 Å². The Morgan fingerprint density at radius 3 is 2.82 bits per heavy atom. The molecule has 3 aromatic heterocycles. The zero-order valence-corrected chi connectivity index (χ0v) is 18.0. The van der Waals surface area contributed by atoms with E-state index in [0.29, 0.717) is 34.0 Å². The van der Waals surface area contributed by atoms with Crippen LogP contribution in [0.25, 0.3) is 11.5 Å². The van der Waals surface area contributed by atoms with Crippen LogP contribution >= 0.6 is 11.8 Å². The van der Waals surface area contributed by atoms with Gasteiger partial charge in [-0.2, -0.15) is 18.2 Å². The molecule has 170 valence electrons. The molecular formula is C20H16F3N7O2S. The lowest BCUT2D eigenvalue weighted by atomic mass is 10.1. The first kappa shape index (κ1) is 22.6. The second-order valence-corrected chi connectivity index (χ2v) is 7.88. The topological polar surface area (TPSA) is 112 Å². The standard InChI is InChI=1S/C20H16F3N7O2S/c1-30-16(9-17-26-18(29-32-17)15-10-24-5-6-25-15)27-28-19(30)33-11-14(31)8-12-3-2-4-13(7-12)20(21,22)23/h2-7,10H,8-9,11H2,1H3. The molecule has 13 heteroatoms. The third-order valence-corrected chi connectivity index (χ3v) is 5.59. The fourth-order valence-electron chi connectivity index (χ4n) is 2.89. The molecule has 4 aromatic rings. The Hall–Kier alpha value is -3.61. The maximum atomic E-state index is 12.8. The van der Waals surface area contributed by atoms with Gasteiger partial charge >= 0.3 is 6.18 Å². The summed E-state index contributed by atoms with van der Waals surface area (Å²) in [7, 11) is 1.73. The second-order valence-electron chi connectivity index (χ2n) is 6.94. The van der Waals surface area contributed by atoms with E-state index in [4.69, 9.17) is 4.52 Å². The fourth-order valence-corrected chi connectivity index (χ4v) is 3.68. The average molecular weight is 475 g/mol. The number of carbonyl (C=O) groups excluding carboxylic acids is 1. The molecule has 0 bridgehead atoms. The van der Waals surface area contributed by atoms with E-state index >= 15 is 0 Å². The number of alkyl halides is 3. The lowest BCUT2D eigenvalue weighted by Crippen LogP contribution is -2.09. The number of carbonyl (C=O) groups is 1. The van der Waals surface area contributed by atoms with E-state index in [-0.39, 0.29) is 24.4 Å². The van der Waals surface area contributed by atoms with E-state index in [0.717, 1.165) is 23.9 Å². The van der Waals surface area contributed by atoms with Crippen molar-refractivity contribution in [3.05, 3.63) is 65.7 Å². The molecule has 0 aliphatic heterocycles. The zero-order chi connectivity index (χ0) is 23.4. The van der Waals surface area contributed by atoms with Crippen molar-refractivity contribution in [2.24, 2.45) is 7.05 Å². The minimum absolute atomic E-state index is 0.0413. The Morgan fingerprint density at radius 1 is 1.21 bits per heavy atom. The molecule has 1 aromatic carbocycles. The molecule has 33 heavy (non-hydrogen) atoms. The Bertz CT molecular complexity index is 1260. The van der Waals surface area contributed by atoms with E-state index in [9.17, 15) is 18.0 Å². The van der Waals surface area contributed by atoms with Gasteiger partial charge in [-0.25, -0.2) is 4.98 Å². The van der Waals surface area contributed by atoms with Crippen LogP contribution in [0.5, 0.6) is 0 Å². The largest absolute Gasteiger partial charge is 0.416 e. The molecule has 4 rings (SSSR count). The quantitative estimate of drug-likeness (QED) is 0.355. The van der Waals surface area contributed by atoms with Crippen LogP contribution in [0.15, 0.2) is 52.5 Å². The molecule has 0 spiro atoms. The number of aromatic nitrogens is 7. The van der Waals surface area contributed by atoms with Crippen LogP contribution in [0.1, 0.15) is 22.8 Å². The van der Waals surface area contributed by atoms with Crippen molar-refractivity contribution in [3.8, 4) is 11.5 Å². The van der Waals surface area contributed by atoms with Crippen LogP contribution in [0, 0.1) is 0 Å². The van der Waals surface area contributed by atoms with Gasteiger partial charge < -0.3 is 9.09 Å². The predicted molar refractivity (Wildman–Crippen MR) is 110 cm³/mol. The summed E-state index contributed by atoms with van der Waals surface area (Å²) >= 11 is 1.15. The summed E-state index contributed by atoms with van der Waals surface area (Å²) in [5, 5.41) is 12.5. The average Bonchev–Trinajstić information content (AvgIpc) is 3.40. The van der Waals surface area contributed by atoms with Gasteiger partial charge in [-0.1, -0.05) is 35.1 Å². The number of Topliss-reactive ketones (excluding diaryl/α,β-unsaturated/α-hetero) is 1. The number of hydrogen-bond acceptors (Lipinski definition) is 9. The van der Waals surface area contributed by atoms with Crippen LogP contribution in [0.3, 0.4) is 0 Å². The molecule has 3 heterocycles. The lowest BCUT2D eigenvalue weighted by Gasteiger charge is -2.08. The van der Waals surface area contributed by atoms with Gasteiger partial charge in [-0.05, 0) is 11.6 Å². The van der Waals surface area contributed by atoms with Gasteiger partial charge in [0.15, 0.2) is 5.16 Å². The first-order chi connectivity index (χ1) is 15.8. The summed E-state index contributed by atoms with van der Waals surface area (Å²) in [6, 6.07) is 4.75. The van der Waals surface area contributed by atoms with Crippen LogP contribution in [0.2, 0.25) is 0 Å². The van der Waals surface area contributed by atoms with Crippen molar-refractivity contribution in [2.45, 2.75) is 24.2 Å². The minimum Gasteiger partial charge on any atom is -0.338 e. The number of hydrogen-bond donors (Lipinski definition) is 0. The Balaban J connectivity index is 1.35. The third-order valence-electron chi connectivity index (χ3n) is 4.51. The molecule has 0 aliphatic carbocycles. The highest BCUT2D eigenvalue weighted by Crippen LogP contribution is 2.29. The summed E-state index contributed by atoms with van der Waals surface area (Å²) < 4.78 is 45.4. The van der Waals surface area contributed by atoms with E-state index in [1.165, 1.54) is 30.7 Å². The molecule has 0 unspecified atom stereocenters. The second kappa shape index (κ2) is 9.48. The molecule has 0 saturated carbocycles. The van der Waals surface area contributed by atoms with Crippen molar-refractivity contribution in [2.75, 3.05) is 5.75 Å². The van der Waals surface area contributed by atoms with Crippen molar-refractivity contribution >= 4 is 17.5 Å². The normalized spacial score (nSPS) is 11.6. The molecule has 0 saturated heterocycles. The molecule has 0 atom stereocenters. The van der Waals surface area contributed by atoms with Crippen molar-refractivity contribution < 1.29 is 22.5 Å². The van der Waals surface area contributed by atoms with Crippen molar-refractivity contribution in [3.63, 3.8) is 0 Å². The number of nitrogens with zero attached hydrogens (tertiary/aromatic N) is 7. The molecule has 0 radical (unpaired) electrons. The molecule has 0 amide bonds. The van der Waals surface area contributed by atoms with Gasteiger partial charge in [0.05, 0.1) is 23.9 Å².